The number of hydrogen-bond acceptors (Lipinski definition) is 0. The van der Waals surface area contributed by atoms with E-state index in [0.29, 0.717) is 0 Å². The molecular formula is C32H34P2. The number of benzene rings is 4. The van der Waals surface area contributed by atoms with E-state index in [4.69, 9.17) is 0 Å². The van der Waals surface area contributed by atoms with Crippen LogP contribution in [-0.4, -0.2) is 12.3 Å². The maximum absolute atomic E-state index is 2.34. The fourth-order valence-electron chi connectivity index (χ4n) is 5.26. The van der Waals surface area contributed by atoms with E-state index in [-0.39, 0.29) is 15.8 Å². The number of rotatable bonds is 8. The average Bonchev–Trinajstić information content (AvgIpc) is 2.93. The predicted molar refractivity (Wildman–Crippen MR) is 153 cm³/mol. The standard InChI is InChI=1S/C32H34P2/c1-5-13-29(14-6-1)33(30-15-7-2-8-16-30)25-27-21-23-28(24-22-27)26-34(31-17-9-3-10-18-31)32-19-11-4-12-20-32/h1-20,27-28H,21-26H2. The van der Waals surface area contributed by atoms with Crippen LogP contribution in [0, 0.1) is 11.8 Å². The molecule has 2 heteroatoms. The molecule has 0 atom stereocenters. The minimum Gasteiger partial charge on any atom is -0.0622 e. The van der Waals surface area contributed by atoms with Gasteiger partial charge >= 0.3 is 0 Å². The lowest BCUT2D eigenvalue weighted by molar-refractivity contribution is 0.314. The lowest BCUT2D eigenvalue weighted by Crippen LogP contribution is -2.25. The fraction of sp³-hybridized carbons (Fsp3) is 0.250. The maximum atomic E-state index is 2.34. The Labute approximate surface area is 208 Å². The Morgan fingerprint density at radius 1 is 0.382 bits per heavy atom. The van der Waals surface area contributed by atoms with E-state index < -0.39 is 0 Å². The third kappa shape index (κ3) is 6.05. The molecule has 34 heavy (non-hydrogen) atoms. The smallest absolute Gasteiger partial charge is 0.0195 e. The summed E-state index contributed by atoms with van der Waals surface area (Å²) in [5, 5.41) is 6.12. The minimum absolute atomic E-state index is 0.273. The van der Waals surface area contributed by atoms with Crippen LogP contribution in [0.4, 0.5) is 0 Å². The van der Waals surface area contributed by atoms with E-state index in [1.165, 1.54) is 59.2 Å². The van der Waals surface area contributed by atoms with Gasteiger partial charge in [-0.2, -0.15) is 0 Å². The lowest BCUT2D eigenvalue weighted by Gasteiger charge is -2.33. The Bertz CT molecular complexity index is 933. The molecule has 1 aliphatic carbocycles. The molecule has 0 saturated heterocycles. The highest BCUT2D eigenvalue weighted by Crippen LogP contribution is 2.44. The summed E-state index contributed by atoms with van der Waals surface area (Å²) in [6, 6.07) is 45.0. The van der Waals surface area contributed by atoms with Crippen molar-refractivity contribution in [2.24, 2.45) is 11.8 Å². The molecule has 172 valence electrons. The van der Waals surface area contributed by atoms with Gasteiger partial charge in [-0.25, -0.2) is 0 Å². The maximum Gasteiger partial charge on any atom is -0.0195 e. The van der Waals surface area contributed by atoms with Gasteiger partial charge in [-0.3, -0.25) is 0 Å². The molecule has 0 radical (unpaired) electrons. The van der Waals surface area contributed by atoms with Crippen LogP contribution < -0.4 is 21.2 Å². The van der Waals surface area contributed by atoms with Gasteiger partial charge in [0.15, 0.2) is 0 Å². The van der Waals surface area contributed by atoms with Gasteiger partial charge in [-0.1, -0.05) is 121 Å². The molecule has 0 amide bonds. The Morgan fingerprint density at radius 3 is 0.853 bits per heavy atom. The monoisotopic (exact) mass is 480 g/mol. The summed E-state index contributed by atoms with van der Waals surface area (Å²) in [5.74, 6) is 1.70. The molecule has 0 aromatic heterocycles. The third-order valence-corrected chi connectivity index (χ3v) is 12.6. The van der Waals surface area contributed by atoms with E-state index in [1.54, 1.807) is 0 Å². The largest absolute Gasteiger partial charge is 0.0622 e. The third-order valence-electron chi connectivity index (χ3n) is 7.12. The molecule has 0 spiro atoms. The molecule has 5 rings (SSSR count). The van der Waals surface area contributed by atoms with Crippen LogP contribution in [0.5, 0.6) is 0 Å². The highest BCUT2D eigenvalue weighted by molar-refractivity contribution is 7.73. The molecule has 0 bridgehead atoms. The second-order valence-corrected chi connectivity index (χ2v) is 14.0. The van der Waals surface area contributed by atoms with Crippen molar-refractivity contribution >= 4 is 37.1 Å². The quantitative estimate of drug-likeness (QED) is 0.237. The molecule has 0 heterocycles. The van der Waals surface area contributed by atoms with Crippen LogP contribution in [0.2, 0.25) is 0 Å². The first-order valence-electron chi connectivity index (χ1n) is 12.6. The minimum atomic E-state index is -0.273. The molecule has 1 aliphatic rings. The van der Waals surface area contributed by atoms with Crippen molar-refractivity contribution in [1.29, 1.82) is 0 Å². The average molecular weight is 481 g/mol. The van der Waals surface area contributed by atoms with E-state index in [1.807, 2.05) is 0 Å². The second kappa shape index (κ2) is 11.9. The van der Waals surface area contributed by atoms with Crippen LogP contribution in [-0.2, 0) is 0 Å². The lowest BCUT2D eigenvalue weighted by atomic mass is 9.84. The van der Waals surface area contributed by atoms with Crippen molar-refractivity contribution < 1.29 is 0 Å². The van der Waals surface area contributed by atoms with Gasteiger partial charge in [0.25, 0.3) is 0 Å². The SMILES string of the molecule is c1ccc(P(CC2CCC(CP(c3ccccc3)c3ccccc3)CC2)c2ccccc2)cc1. The van der Waals surface area contributed by atoms with Gasteiger partial charge in [0.1, 0.15) is 0 Å². The fourth-order valence-corrected chi connectivity index (χ4v) is 10.6. The van der Waals surface area contributed by atoms with Crippen molar-refractivity contribution in [3.63, 3.8) is 0 Å². The van der Waals surface area contributed by atoms with Crippen molar-refractivity contribution in [2.45, 2.75) is 25.7 Å². The Kier molecular flexibility index (Phi) is 8.24. The molecular weight excluding hydrogens is 446 g/mol. The molecule has 1 fully saturated rings. The number of hydrogen-bond donors (Lipinski definition) is 0. The van der Waals surface area contributed by atoms with E-state index in [2.05, 4.69) is 121 Å². The highest BCUT2D eigenvalue weighted by atomic mass is 31.1. The Morgan fingerprint density at radius 2 is 0.618 bits per heavy atom. The first-order valence-corrected chi connectivity index (χ1v) is 15.7. The van der Waals surface area contributed by atoms with Gasteiger partial charge in [-0.15, -0.1) is 0 Å². The molecule has 0 nitrogen and oxygen atoms in total. The first-order chi connectivity index (χ1) is 16.9. The van der Waals surface area contributed by atoms with Crippen LogP contribution in [0.15, 0.2) is 121 Å². The Balaban J connectivity index is 1.25. The highest BCUT2D eigenvalue weighted by Gasteiger charge is 2.27. The first kappa shape index (κ1) is 23.5. The second-order valence-electron chi connectivity index (χ2n) is 9.45. The molecule has 0 N–H and O–H groups in total. The summed E-state index contributed by atoms with van der Waals surface area (Å²) in [4.78, 5) is 0. The summed E-state index contributed by atoms with van der Waals surface area (Å²) in [5.41, 5.74) is 0. The van der Waals surface area contributed by atoms with Gasteiger partial charge in [0, 0.05) is 0 Å². The van der Waals surface area contributed by atoms with Crippen LogP contribution in [0.25, 0.3) is 0 Å². The van der Waals surface area contributed by atoms with E-state index >= 15 is 0 Å². The molecule has 4 aromatic rings. The van der Waals surface area contributed by atoms with Crippen LogP contribution in [0.3, 0.4) is 0 Å². The molecule has 1 saturated carbocycles. The summed E-state index contributed by atoms with van der Waals surface area (Å²) >= 11 is 0. The zero-order valence-electron chi connectivity index (χ0n) is 19.8. The zero-order valence-corrected chi connectivity index (χ0v) is 21.6. The summed E-state index contributed by atoms with van der Waals surface area (Å²) < 4.78 is 0. The zero-order chi connectivity index (χ0) is 23.0. The molecule has 0 unspecified atom stereocenters. The molecule has 0 aliphatic heterocycles. The van der Waals surface area contributed by atoms with E-state index in [9.17, 15) is 0 Å². The van der Waals surface area contributed by atoms with Crippen LogP contribution in [0.1, 0.15) is 25.7 Å². The van der Waals surface area contributed by atoms with Crippen LogP contribution >= 0.6 is 15.8 Å². The van der Waals surface area contributed by atoms with E-state index in [0.717, 1.165) is 11.8 Å². The van der Waals surface area contributed by atoms with Gasteiger partial charge < -0.3 is 0 Å². The van der Waals surface area contributed by atoms with Crippen molar-refractivity contribution in [1.82, 2.24) is 0 Å². The molecule has 4 aromatic carbocycles. The summed E-state index contributed by atoms with van der Waals surface area (Å²) in [7, 11) is -0.546. The predicted octanol–water partition coefficient (Wildman–Crippen LogP) is 7.06. The van der Waals surface area contributed by atoms with Gasteiger partial charge in [-0.05, 0) is 86.9 Å². The van der Waals surface area contributed by atoms with Crippen molar-refractivity contribution in [3.8, 4) is 0 Å². The van der Waals surface area contributed by atoms with Crippen molar-refractivity contribution in [3.05, 3.63) is 121 Å². The van der Waals surface area contributed by atoms with Gasteiger partial charge in [0.05, 0.1) is 0 Å². The Hall–Kier alpha value is -2.26. The topological polar surface area (TPSA) is 0 Å². The van der Waals surface area contributed by atoms with Crippen molar-refractivity contribution in [2.75, 3.05) is 12.3 Å². The van der Waals surface area contributed by atoms with Gasteiger partial charge in [0.2, 0.25) is 0 Å². The summed E-state index contributed by atoms with van der Waals surface area (Å²) in [6.45, 7) is 0. The summed E-state index contributed by atoms with van der Waals surface area (Å²) in [6.07, 6.45) is 8.21. The normalized spacial score (nSPS) is 18.3.